The molecule has 2 rings (SSSR count). The molecule has 4 heteroatoms. The number of nitrogens with zero attached hydrogens (tertiary/aromatic N) is 1. The molecular formula is C18H28N2O2. The molecule has 1 fully saturated rings. The monoisotopic (exact) mass is 304 g/mol. The first-order valence-corrected chi connectivity index (χ1v) is 8.13. The highest BCUT2D eigenvalue weighted by Crippen LogP contribution is 2.51. The van der Waals surface area contributed by atoms with Gasteiger partial charge in [-0.25, -0.2) is 0 Å². The van der Waals surface area contributed by atoms with Crippen LogP contribution in [0.2, 0.25) is 0 Å². The van der Waals surface area contributed by atoms with Gasteiger partial charge in [0.05, 0.1) is 6.10 Å². The third kappa shape index (κ3) is 2.66. The zero-order valence-electron chi connectivity index (χ0n) is 14.1. The molecule has 1 saturated carbocycles. The van der Waals surface area contributed by atoms with Crippen LogP contribution in [-0.2, 0) is 11.3 Å². The van der Waals surface area contributed by atoms with E-state index in [2.05, 4.69) is 13.8 Å². The highest BCUT2D eigenvalue weighted by Gasteiger charge is 2.55. The second-order valence-electron chi connectivity index (χ2n) is 6.23. The van der Waals surface area contributed by atoms with E-state index in [9.17, 15) is 4.79 Å². The number of benzene rings is 1. The van der Waals surface area contributed by atoms with Gasteiger partial charge >= 0.3 is 0 Å². The van der Waals surface area contributed by atoms with Crippen molar-refractivity contribution >= 4 is 5.91 Å². The molecule has 122 valence electrons. The number of methoxy groups -OCH3 is 1. The van der Waals surface area contributed by atoms with Crippen molar-refractivity contribution in [2.45, 2.75) is 51.8 Å². The summed E-state index contributed by atoms with van der Waals surface area (Å²) in [5, 5.41) is 0. The van der Waals surface area contributed by atoms with Crippen LogP contribution < -0.4 is 5.73 Å². The molecule has 0 heterocycles. The predicted molar refractivity (Wildman–Crippen MR) is 88.6 cm³/mol. The molecule has 1 aromatic carbocycles. The molecule has 0 radical (unpaired) electrons. The molecule has 1 aromatic rings. The van der Waals surface area contributed by atoms with Gasteiger partial charge in [-0.2, -0.15) is 0 Å². The molecule has 0 bridgehead atoms. The Balaban J connectivity index is 2.16. The quantitative estimate of drug-likeness (QED) is 0.879. The maximum atomic E-state index is 12.7. The SMILES string of the molecule is CCC1(CC)C(OC)CC1N(C)C(=O)c1ccc(CN)cc1. The molecule has 1 aliphatic rings. The van der Waals surface area contributed by atoms with Crippen LogP contribution in [0.1, 0.15) is 49.0 Å². The van der Waals surface area contributed by atoms with Gasteiger partial charge in [0.1, 0.15) is 0 Å². The number of carbonyl (C=O) groups is 1. The van der Waals surface area contributed by atoms with Crippen molar-refractivity contribution in [1.29, 1.82) is 0 Å². The van der Waals surface area contributed by atoms with Crippen molar-refractivity contribution in [3.63, 3.8) is 0 Å². The first-order valence-electron chi connectivity index (χ1n) is 8.13. The van der Waals surface area contributed by atoms with Crippen LogP contribution in [0.4, 0.5) is 0 Å². The van der Waals surface area contributed by atoms with Crippen LogP contribution in [0.3, 0.4) is 0 Å². The lowest BCUT2D eigenvalue weighted by atomic mass is 9.58. The van der Waals surface area contributed by atoms with Crippen molar-refractivity contribution in [2.75, 3.05) is 14.2 Å². The summed E-state index contributed by atoms with van der Waals surface area (Å²) in [5.74, 6) is 0.0781. The fourth-order valence-corrected chi connectivity index (χ4v) is 3.91. The Morgan fingerprint density at radius 3 is 2.36 bits per heavy atom. The summed E-state index contributed by atoms with van der Waals surface area (Å²) in [7, 11) is 3.68. The first-order chi connectivity index (χ1) is 10.5. The van der Waals surface area contributed by atoms with E-state index in [4.69, 9.17) is 10.5 Å². The average molecular weight is 304 g/mol. The van der Waals surface area contributed by atoms with E-state index in [0.29, 0.717) is 6.54 Å². The van der Waals surface area contributed by atoms with Crippen LogP contribution in [0, 0.1) is 5.41 Å². The Morgan fingerprint density at radius 2 is 1.91 bits per heavy atom. The molecule has 0 aromatic heterocycles. The van der Waals surface area contributed by atoms with E-state index in [-0.39, 0.29) is 23.5 Å². The van der Waals surface area contributed by atoms with Gasteiger partial charge in [-0.1, -0.05) is 26.0 Å². The lowest BCUT2D eigenvalue weighted by Crippen LogP contribution is -2.64. The maximum absolute atomic E-state index is 12.7. The Labute approximate surface area is 133 Å². The molecule has 1 aliphatic carbocycles. The summed E-state index contributed by atoms with van der Waals surface area (Å²) in [6.45, 7) is 4.88. The van der Waals surface area contributed by atoms with Crippen molar-refractivity contribution in [1.82, 2.24) is 4.90 Å². The average Bonchev–Trinajstić information content (AvgIpc) is 2.55. The lowest BCUT2D eigenvalue weighted by Gasteiger charge is -2.57. The molecule has 2 unspecified atom stereocenters. The van der Waals surface area contributed by atoms with Crippen molar-refractivity contribution in [2.24, 2.45) is 11.1 Å². The normalized spacial score (nSPS) is 23.0. The molecule has 2 N–H and O–H groups in total. The molecule has 4 nitrogen and oxygen atoms in total. The summed E-state index contributed by atoms with van der Waals surface area (Å²) in [6, 6.07) is 7.83. The lowest BCUT2D eigenvalue weighted by molar-refractivity contribution is -0.147. The number of ether oxygens (including phenoxy) is 1. The number of amides is 1. The number of hydrogen-bond acceptors (Lipinski definition) is 3. The van der Waals surface area contributed by atoms with E-state index < -0.39 is 0 Å². The second-order valence-corrected chi connectivity index (χ2v) is 6.23. The minimum absolute atomic E-state index is 0.0781. The van der Waals surface area contributed by atoms with Gasteiger partial charge < -0.3 is 15.4 Å². The Hall–Kier alpha value is -1.39. The number of nitrogens with two attached hydrogens (primary N) is 1. The zero-order chi connectivity index (χ0) is 16.3. The van der Waals surface area contributed by atoms with Crippen molar-refractivity contribution < 1.29 is 9.53 Å². The van der Waals surface area contributed by atoms with E-state index in [1.807, 2.05) is 36.2 Å². The fourth-order valence-electron chi connectivity index (χ4n) is 3.91. The number of carbonyl (C=O) groups excluding carboxylic acids is 1. The third-order valence-electron chi connectivity index (χ3n) is 5.57. The van der Waals surface area contributed by atoms with E-state index in [1.165, 1.54) is 0 Å². The molecule has 0 aliphatic heterocycles. The molecule has 22 heavy (non-hydrogen) atoms. The standard InChI is InChI=1S/C18H28N2O2/c1-5-18(6-2)15(11-16(18)22-4)20(3)17(21)14-9-7-13(12-19)8-10-14/h7-10,15-16H,5-6,11-12,19H2,1-4H3. The van der Waals surface area contributed by atoms with Crippen LogP contribution in [0.25, 0.3) is 0 Å². The zero-order valence-corrected chi connectivity index (χ0v) is 14.1. The van der Waals surface area contributed by atoms with Gasteiger partial charge in [0.2, 0.25) is 0 Å². The Bertz CT molecular complexity index is 508. The highest BCUT2D eigenvalue weighted by atomic mass is 16.5. The highest BCUT2D eigenvalue weighted by molar-refractivity contribution is 5.94. The molecule has 1 amide bonds. The molecule has 0 saturated heterocycles. The smallest absolute Gasteiger partial charge is 0.253 e. The topological polar surface area (TPSA) is 55.6 Å². The van der Waals surface area contributed by atoms with Crippen LogP contribution in [0.5, 0.6) is 0 Å². The van der Waals surface area contributed by atoms with E-state index in [0.717, 1.165) is 30.4 Å². The predicted octanol–water partition coefficient (Wildman–Crippen LogP) is 2.81. The first kappa shape index (κ1) is 17.0. The van der Waals surface area contributed by atoms with Gasteiger partial charge in [0.25, 0.3) is 5.91 Å². The Morgan fingerprint density at radius 1 is 1.32 bits per heavy atom. The van der Waals surface area contributed by atoms with Gasteiger partial charge in [-0.3, -0.25) is 4.79 Å². The largest absolute Gasteiger partial charge is 0.381 e. The molecule has 0 spiro atoms. The van der Waals surface area contributed by atoms with Gasteiger partial charge in [0.15, 0.2) is 0 Å². The summed E-state index contributed by atoms with van der Waals surface area (Å²) < 4.78 is 5.63. The Kier molecular flexibility index (Phi) is 5.24. The second kappa shape index (κ2) is 6.80. The number of rotatable bonds is 6. The van der Waals surface area contributed by atoms with E-state index in [1.54, 1.807) is 7.11 Å². The minimum Gasteiger partial charge on any atom is -0.381 e. The molecule has 2 atom stereocenters. The maximum Gasteiger partial charge on any atom is 0.253 e. The van der Waals surface area contributed by atoms with Gasteiger partial charge in [0, 0.05) is 37.7 Å². The summed E-state index contributed by atoms with van der Waals surface area (Å²) in [6.07, 6.45) is 3.22. The number of hydrogen-bond donors (Lipinski definition) is 1. The summed E-state index contributed by atoms with van der Waals surface area (Å²) in [5.41, 5.74) is 7.45. The van der Waals surface area contributed by atoms with Gasteiger partial charge in [-0.05, 0) is 37.0 Å². The van der Waals surface area contributed by atoms with Crippen molar-refractivity contribution in [3.05, 3.63) is 35.4 Å². The summed E-state index contributed by atoms with van der Waals surface area (Å²) >= 11 is 0. The minimum atomic E-state index is 0.0781. The third-order valence-corrected chi connectivity index (χ3v) is 5.57. The van der Waals surface area contributed by atoms with Crippen LogP contribution in [0.15, 0.2) is 24.3 Å². The van der Waals surface area contributed by atoms with Crippen LogP contribution in [-0.4, -0.2) is 37.1 Å². The fraction of sp³-hybridized carbons (Fsp3) is 0.611. The summed E-state index contributed by atoms with van der Waals surface area (Å²) in [4.78, 5) is 14.6. The van der Waals surface area contributed by atoms with Crippen LogP contribution >= 0.6 is 0 Å². The van der Waals surface area contributed by atoms with E-state index >= 15 is 0 Å². The molecular weight excluding hydrogens is 276 g/mol. The van der Waals surface area contributed by atoms with Gasteiger partial charge in [-0.15, -0.1) is 0 Å². The van der Waals surface area contributed by atoms with Crippen molar-refractivity contribution in [3.8, 4) is 0 Å².